The van der Waals surface area contributed by atoms with E-state index in [-0.39, 0.29) is 5.91 Å². The number of amides is 1. The maximum absolute atomic E-state index is 13.4. The summed E-state index contributed by atoms with van der Waals surface area (Å²) in [5, 5.41) is 9.82. The van der Waals surface area contributed by atoms with Crippen molar-refractivity contribution in [2.45, 2.75) is 64.5 Å². The minimum absolute atomic E-state index is 0.0426. The van der Waals surface area contributed by atoms with Crippen molar-refractivity contribution >= 4 is 23.4 Å². The van der Waals surface area contributed by atoms with Crippen LogP contribution in [0.4, 0.5) is 17.5 Å². The SMILES string of the molecule is [C-]#[N+]c1ccc(CNC(=O)[C@@H](CC2CCCCC2)Nc2cc(-n3cccc3)nc(NCCC)n2)cc1. The topological polar surface area (TPSA) is 88.2 Å². The number of benzene rings is 1. The molecule has 1 aliphatic rings. The largest absolute Gasteiger partial charge is 0.358 e. The Kier molecular flexibility index (Phi) is 8.92. The summed E-state index contributed by atoms with van der Waals surface area (Å²) >= 11 is 0. The van der Waals surface area contributed by atoms with E-state index in [1.54, 1.807) is 12.1 Å². The molecule has 0 bridgehead atoms. The first kappa shape index (κ1) is 25.2. The highest BCUT2D eigenvalue weighted by Gasteiger charge is 2.25. The van der Waals surface area contributed by atoms with Crippen molar-refractivity contribution in [3.05, 3.63) is 71.8 Å². The molecule has 4 rings (SSSR count). The lowest BCUT2D eigenvalue weighted by atomic mass is 9.84. The normalized spacial score (nSPS) is 14.6. The number of hydrogen-bond donors (Lipinski definition) is 3. The standard InChI is InChI=1S/C28H35N7O/c1-3-15-30-28-33-25(19-26(34-28)35-16-7-8-17-35)32-24(18-21-9-5-4-6-10-21)27(36)31-20-22-11-13-23(29-2)14-12-22/h7-8,11-14,16-17,19,21,24H,3-6,9-10,15,18,20H2,1H3,(H,31,36)(H2,30,32,33,34)/t24-/m1/s1. The molecule has 0 saturated heterocycles. The lowest BCUT2D eigenvalue weighted by Crippen LogP contribution is -2.41. The molecule has 1 saturated carbocycles. The van der Waals surface area contributed by atoms with Crippen molar-refractivity contribution in [1.82, 2.24) is 19.9 Å². The van der Waals surface area contributed by atoms with Gasteiger partial charge in [0.2, 0.25) is 11.9 Å². The van der Waals surface area contributed by atoms with Crippen LogP contribution in [0.15, 0.2) is 54.9 Å². The van der Waals surface area contributed by atoms with Crippen LogP contribution >= 0.6 is 0 Å². The molecule has 0 radical (unpaired) electrons. The van der Waals surface area contributed by atoms with Gasteiger partial charge in [0.15, 0.2) is 5.69 Å². The summed E-state index contributed by atoms with van der Waals surface area (Å²) in [7, 11) is 0. The van der Waals surface area contributed by atoms with Gasteiger partial charge in [0.25, 0.3) is 0 Å². The summed E-state index contributed by atoms with van der Waals surface area (Å²) in [6.45, 7) is 10.4. The van der Waals surface area contributed by atoms with Crippen molar-refractivity contribution in [2.24, 2.45) is 5.92 Å². The van der Waals surface area contributed by atoms with Crippen LogP contribution in [-0.4, -0.2) is 33.0 Å². The Balaban J connectivity index is 1.52. The first-order chi connectivity index (χ1) is 17.6. The van der Waals surface area contributed by atoms with Gasteiger partial charge in [0.1, 0.15) is 17.7 Å². The summed E-state index contributed by atoms with van der Waals surface area (Å²) in [6.07, 6.45) is 11.7. The fraction of sp³-hybridized carbons (Fsp3) is 0.429. The van der Waals surface area contributed by atoms with E-state index in [0.717, 1.165) is 43.6 Å². The minimum atomic E-state index is -0.401. The van der Waals surface area contributed by atoms with E-state index in [2.05, 4.69) is 37.7 Å². The van der Waals surface area contributed by atoms with Crippen LogP contribution in [0.2, 0.25) is 0 Å². The van der Waals surface area contributed by atoms with Gasteiger partial charge in [-0.25, -0.2) is 4.85 Å². The zero-order valence-electron chi connectivity index (χ0n) is 20.9. The molecule has 3 N–H and O–H groups in total. The zero-order chi connectivity index (χ0) is 25.2. The molecule has 2 heterocycles. The fourth-order valence-electron chi connectivity index (χ4n) is 4.61. The van der Waals surface area contributed by atoms with E-state index in [0.29, 0.717) is 29.9 Å². The molecule has 1 amide bonds. The number of nitrogens with one attached hydrogen (secondary N) is 3. The lowest BCUT2D eigenvalue weighted by Gasteiger charge is -2.27. The van der Waals surface area contributed by atoms with Gasteiger partial charge in [-0.15, -0.1) is 0 Å². The first-order valence-corrected chi connectivity index (χ1v) is 12.9. The van der Waals surface area contributed by atoms with E-state index >= 15 is 0 Å². The Bertz CT molecular complexity index is 1150. The van der Waals surface area contributed by atoms with Gasteiger partial charge in [-0.05, 0) is 36.5 Å². The average Bonchev–Trinajstić information content (AvgIpc) is 3.46. The van der Waals surface area contributed by atoms with Gasteiger partial charge in [-0.1, -0.05) is 63.3 Å². The summed E-state index contributed by atoms with van der Waals surface area (Å²) in [5.41, 5.74) is 1.56. The van der Waals surface area contributed by atoms with E-state index in [1.807, 2.05) is 47.3 Å². The van der Waals surface area contributed by atoms with Crippen LogP contribution in [0.25, 0.3) is 10.7 Å². The molecular weight excluding hydrogens is 450 g/mol. The lowest BCUT2D eigenvalue weighted by molar-refractivity contribution is -0.122. The molecular formula is C28H35N7O. The predicted molar refractivity (Wildman–Crippen MR) is 143 cm³/mol. The van der Waals surface area contributed by atoms with Crippen molar-refractivity contribution in [2.75, 3.05) is 17.2 Å². The highest BCUT2D eigenvalue weighted by atomic mass is 16.2. The second-order valence-corrected chi connectivity index (χ2v) is 9.38. The van der Waals surface area contributed by atoms with Gasteiger partial charge < -0.3 is 20.5 Å². The first-order valence-electron chi connectivity index (χ1n) is 12.9. The molecule has 0 spiro atoms. The Morgan fingerprint density at radius 2 is 1.89 bits per heavy atom. The molecule has 2 aromatic heterocycles. The predicted octanol–water partition coefficient (Wildman–Crippen LogP) is 5.71. The number of carbonyl (C=O) groups excluding carboxylic acids is 1. The van der Waals surface area contributed by atoms with Crippen LogP contribution < -0.4 is 16.0 Å². The molecule has 1 fully saturated rings. The molecule has 1 aliphatic carbocycles. The molecule has 188 valence electrons. The third-order valence-electron chi connectivity index (χ3n) is 6.58. The second-order valence-electron chi connectivity index (χ2n) is 9.38. The number of rotatable bonds is 11. The van der Waals surface area contributed by atoms with Crippen LogP contribution in [-0.2, 0) is 11.3 Å². The summed E-state index contributed by atoms with van der Waals surface area (Å²) < 4.78 is 1.94. The van der Waals surface area contributed by atoms with Crippen LogP contribution in [0.3, 0.4) is 0 Å². The molecule has 1 atom stereocenters. The molecule has 8 heteroatoms. The average molecular weight is 486 g/mol. The monoisotopic (exact) mass is 485 g/mol. The molecule has 0 unspecified atom stereocenters. The molecule has 3 aromatic rings. The fourth-order valence-corrected chi connectivity index (χ4v) is 4.61. The minimum Gasteiger partial charge on any atom is -0.358 e. The number of hydrogen-bond acceptors (Lipinski definition) is 5. The Morgan fingerprint density at radius 1 is 1.14 bits per heavy atom. The summed E-state index contributed by atoms with van der Waals surface area (Å²) in [4.78, 5) is 26.2. The molecule has 0 aliphatic heterocycles. The van der Waals surface area contributed by atoms with Crippen molar-refractivity contribution < 1.29 is 4.79 Å². The molecule has 36 heavy (non-hydrogen) atoms. The number of aromatic nitrogens is 3. The zero-order valence-corrected chi connectivity index (χ0v) is 20.9. The van der Waals surface area contributed by atoms with E-state index in [1.165, 1.54) is 19.3 Å². The smallest absolute Gasteiger partial charge is 0.242 e. The Morgan fingerprint density at radius 3 is 2.58 bits per heavy atom. The highest BCUT2D eigenvalue weighted by molar-refractivity contribution is 5.84. The van der Waals surface area contributed by atoms with Crippen LogP contribution in [0, 0.1) is 12.5 Å². The van der Waals surface area contributed by atoms with E-state index in [4.69, 9.17) is 6.57 Å². The number of anilines is 2. The van der Waals surface area contributed by atoms with Crippen molar-refractivity contribution in [3.8, 4) is 5.82 Å². The number of nitrogens with zero attached hydrogens (tertiary/aromatic N) is 4. The van der Waals surface area contributed by atoms with Gasteiger partial charge in [-0.3, -0.25) is 4.79 Å². The third kappa shape index (κ3) is 7.08. The maximum Gasteiger partial charge on any atom is 0.242 e. The van der Waals surface area contributed by atoms with Gasteiger partial charge in [-0.2, -0.15) is 9.97 Å². The van der Waals surface area contributed by atoms with Crippen LogP contribution in [0.5, 0.6) is 0 Å². The molecule has 1 aromatic carbocycles. The van der Waals surface area contributed by atoms with Crippen molar-refractivity contribution in [3.63, 3.8) is 0 Å². The summed E-state index contributed by atoms with van der Waals surface area (Å²) in [6, 6.07) is 12.7. The highest BCUT2D eigenvalue weighted by Crippen LogP contribution is 2.28. The van der Waals surface area contributed by atoms with Crippen LogP contribution in [0.1, 0.15) is 57.4 Å². The van der Waals surface area contributed by atoms with Crippen molar-refractivity contribution in [1.29, 1.82) is 0 Å². The maximum atomic E-state index is 13.4. The quantitative estimate of drug-likeness (QED) is 0.303. The third-order valence-corrected chi connectivity index (χ3v) is 6.58. The summed E-state index contributed by atoms with van der Waals surface area (Å²) in [5.74, 6) is 2.39. The Labute approximate surface area is 213 Å². The number of carbonyl (C=O) groups is 1. The second kappa shape index (κ2) is 12.7. The van der Waals surface area contributed by atoms with Gasteiger partial charge in [0.05, 0.1) is 6.57 Å². The van der Waals surface area contributed by atoms with E-state index < -0.39 is 6.04 Å². The van der Waals surface area contributed by atoms with Gasteiger partial charge in [0, 0.05) is 31.5 Å². The van der Waals surface area contributed by atoms with Gasteiger partial charge >= 0.3 is 0 Å². The Hall–Kier alpha value is -3.86. The molecule has 8 nitrogen and oxygen atoms in total. The van der Waals surface area contributed by atoms with E-state index in [9.17, 15) is 4.79 Å².